The van der Waals surface area contributed by atoms with E-state index in [0.29, 0.717) is 12.3 Å². The highest BCUT2D eigenvalue weighted by Crippen LogP contribution is 2.22. The molecule has 0 radical (unpaired) electrons. The molecule has 0 fully saturated rings. The Morgan fingerprint density at radius 2 is 1.21 bits per heavy atom. The minimum absolute atomic E-state index is 0.135. The van der Waals surface area contributed by atoms with Crippen LogP contribution >= 0.6 is 0 Å². The zero-order valence-electron chi connectivity index (χ0n) is 14.2. The van der Waals surface area contributed by atoms with Gasteiger partial charge in [0.2, 0.25) is 10.0 Å². The molecule has 0 aromatic rings. The van der Waals surface area contributed by atoms with E-state index < -0.39 is 31.3 Å². The topological polar surface area (TPSA) is 80.3 Å². The first-order valence-corrected chi connectivity index (χ1v) is 11.3. The van der Waals surface area contributed by atoms with Crippen LogP contribution in [0.4, 0.5) is 13.2 Å². The molecule has 0 aromatic heterocycles. The molecule has 10 heteroatoms. The van der Waals surface area contributed by atoms with Crippen molar-refractivity contribution in [2.45, 2.75) is 77.1 Å². The Morgan fingerprint density at radius 1 is 0.792 bits per heavy atom. The van der Waals surface area contributed by atoms with E-state index in [1.165, 1.54) is 19.3 Å². The summed E-state index contributed by atoms with van der Waals surface area (Å²) < 4.78 is 81.3. The van der Waals surface area contributed by atoms with Crippen molar-refractivity contribution in [3.63, 3.8) is 0 Å². The van der Waals surface area contributed by atoms with Gasteiger partial charge in [-0.3, -0.25) is 0 Å². The van der Waals surface area contributed by atoms with Crippen molar-refractivity contribution in [2.75, 3.05) is 5.75 Å². The number of nitrogens with one attached hydrogen (secondary N) is 1. The SMILES string of the molecule is CC(C)CCCCCCCCCCS(=O)(=O)NS(=O)(=O)C(F)(F)F. The van der Waals surface area contributed by atoms with Crippen LogP contribution in [0.5, 0.6) is 0 Å². The van der Waals surface area contributed by atoms with E-state index >= 15 is 0 Å². The summed E-state index contributed by atoms with van der Waals surface area (Å²) in [5.41, 5.74) is -5.63. The molecule has 0 aliphatic carbocycles. The average molecular weight is 396 g/mol. The molecule has 0 aromatic carbocycles. The van der Waals surface area contributed by atoms with Crippen LogP contribution in [-0.2, 0) is 20.0 Å². The Morgan fingerprint density at radius 3 is 1.62 bits per heavy atom. The second-order valence-corrected chi connectivity index (χ2v) is 10.1. The van der Waals surface area contributed by atoms with Gasteiger partial charge in [0.1, 0.15) is 0 Å². The third-order valence-corrected chi connectivity index (χ3v) is 6.81. The van der Waals surface area contributed by atoms with Crippen molar-refractivity contribution in [3.8, 4) is 0 Å². The third-order valence-electron chi connectivity index (χ3n) is 3.49. The van der Waals surface area contributed by atoms with E-state index in [1.54, 1.807) is 0 Å². The Labute approximate surface area is 143 Å². The highest BCUT2D eigenvalue weighted by molar-refractivity contribution is 8.05. The summed E-state index contributed by atoms with van der Waals surface area (Å²) in [5.74, 6) is 0.0816. The molecule has 0 atom stereocenters. The van der Waals surface area contributed by atoms with Gasteiger partial charge in [0.25, 0.3) is 0 Å². The van der Waals surface area contributed by atoms with Crippen LogP contribution in [0.1, 0.15) is 71.6 Å². The van der Waals surface area contributed by atoms with Crippen LogP contribution in [-0.4, -0.2) is 28.1 Å². The molecule has 146 valence electrons. The summed E-state index contributed by atoms with van der Waals surface area (Å²) in [7, 11) is -10.4. The molecule has 0 spiro atoms. The van der Waals surface area contributed by atoms with Crippen LogP contribution in [0, 0.1) is 5.92 Å². The minimum Gasteiger partial charge on any atom is -0.211 e. The van der Waals surface area contributed by atoms with Gasteiger partial charge >= 0.3 is 15.5 Å². The quantitative estimate of drug-likeness (QED) is 0.479. The fraction of sp³-hybridized carbons (Fsp3) is 1.00. The number of alkyl halides is 3. The molecule has 0 saturated carbocycles. The second kappa shape index (κ2) is 10.6. The molecule has 5 nitrogen and oxygen atoms in total. The van der Waals surface area contributed by atoms with E-state index in [2.05, 4.69) is 13.8 Å². The molecule has 0 heterocycles. The fourth-order valence-corrected chi connectivity index (χ4v) is 4.79. The van der Waals surface area contributed by atoms with Gasteiger partial charge in [-0.2, -0.15) is 13.2 Å². The predicted molar refractivity (Wildman–Crippen MR) is 88.3 cm³/mol. The van der Waals surface area contributed by atoms with Crippen LogP contribution in [0.15, 0.2) is 0 Å². The van der Waals surface area contributed by atoms with Crippen molar-refractivity contribution >= 4 is 20.0 Å². The van der Waals surface area contributed by atoms with E-state index in [1.807, 2.05) is 0 Å². The number of hydrogen-bond donors (Lipinski definition) is 1. The first kappa shape index (κ1) is 23.6. The Kier molecular flexibility index (Phi) is 10.4. The largest absolute Gasteiger partial charge is 0.512 e. The van der Waals surface area contributed by atoms with Gasteiger partial charge in [-0.05, 0) is 12.3 Å². The van der Waals surface area contributed by atoms with E-state index in [9.17, 15) is 30.0 Å². The van der Waals surface area contributed by atoms with Gasteiger partial charge in [-0.25, -0.2) is 16.8 Å². The highest BCUT2D eigenvalue weighted by atomic mass is 32.3. The molecule has 0 saturated heterocycles. The number of rotatable bonds is 13. The number of sulfonamides is 2. The maximum absolute atomic E-state index is 12.1. The van der Waals surface area contributed by atoms with Crippen LogP contribution in [0.2, 0.25) is 0 Å². The summed E-state index contributed by atoms with van der Waals surface area (Å²) in [6.45, 7) is 4.37. The molecule has 1 N–H and O–H groups in total. The molecular formula is C14H28F3NO4S2. The lowest BCUT2D eigenvalue weighted by molar-refractivity contribution is -0.0441. The van der Waals surface area contributed by atoms with Crippen molar-refractivity contribution in [1.82, 2.24) is 4.13 Å². The molecule has 0 bridgehead atoms. The molecule has 24 heavy (non-hydrogen) atoms. The molecule has 0 aliphatic rings. The normalized spacial score (nSPS) is 13.6. The maximum Gasteiger partial charge on any atom is 0.512 e. The van der Waals surface area contributed by atoms with Gasteiger partial charge in [0.15, 0.2) is 0 Å². The smallest absolute Gasteiger partial charge is 0.211 e. The predicted octanol–water partition coefficient (Wildman–Crippen LogP) is 3.92. The molecular weight excluding hydrogens is 367 g/mol. The first-order valence-electron chi connectivity index (χ1n) is 8.20. The van der Waals surface area contributed by atoms with Gasteiger partial charge in [0.05, 0.1) is 5.75 Å². The lowest BCUT2D eigenvalue weighted by Gasteiger charge is -2.10. The average Bonchev–Trinajstić information content (AvgIpc) is 2.38. The lowest BCUT2D eigenvalue weighted by atomic mass is 10.0. The monoisotopic (exact) mass is 395 g/mol. The molecule has 0 amide bonds. The fourth-order valence-electron chi connectivity index (χ4n) is 2.16. The summed E-state index contributed by atoms with van der Waals surface area (Å²) in [6, 6.07) is 0. The number of unbranched alkanes of at least 4 members (excludes halogenated alkanes) is 7. The number of hydrogen-bond acceptors (Lipinski definition) is 4. The lowest BCUT2D eigenvalue weighted by Crippen LogP contribution is -2.41. The van der Waals surface area contributed by atoms with Gasteiger partial charge < -0.3 is 0 Å². The van der Waals surface area contributed by atoms with Gasteiger partial charge in [0, 0.05) is 0 Å². The molecule has 0 rings (SSSR count). The summed E-state index contributed by atoms with van der Waals surface area (Å²) in [4.78, 5) is 0. The van der Waals surface area contributed by atoms with Crippen LogP contribution in [0.25, 0.3) is 0 Å². The third kappa shape index (κ3) is 11.2. The Bertz CT molecular complexity index is 543. The summed E-state index contributed by atoms with van der Waals surface area (Å²) in [6.07, 6.45) is 8.16. The summed E-state index contributed by atoms with van der Waals surface area (Å²) >= 11 is 0. The van der Waals surface area contributed by atoms with E-state index in [-0.39, 0.29) is 6.42 Å². The first-order chi connectivity index (χ1) is 10.9. The Balaban J connectivity index is 3.81. The van der Waals surface area contributed by atoms with Gasteiger partial charge in [-0.1, -0.05) is 65.2 Å². The standard InChI is InChI=1S/C14H28F3NO4S2/c1-13(2)11-9-7-5-3-4-6-8-10-12-23(19,20)18-24(21,22)14(15,16)17/h13,18H,3-12H2,1-2H3. The van der Waals surface area contributed by atoms with Crippen molar-refractivity contribution in [2.24, 2.45) is 5.92 Å². The second-order valence-electron chi connectivity index (χ2n) is 6.36. The zero-order valence-corrected chi connectivity index (χ0v) is 15.9. The van der Waals surface area contributed by atoms with Crippen molar-refractivity contribution < 1.29 is 30.0 Å². The van der Waals surface area contributed by atoms with Crippen LogP contribution < -0.4 is 4.13 Å². The number of halogens is 3. The van der Waals surface area contributed by atoms with E-state index in [4.69, 9.17) is 0 Å². The van der Waals surface area contributed by atoms with Gasteiger partial charge in [-0.15, -0.1) is 4.13 Å². The zero-order chi connectivity index (χ0) is 18.9. The van der Waals surface area contributed by atoms with Crippen molar-refractivity contribution in [3.05, 3.63) is 0 Å². The molecule has 0 unspecified atom stereocenters. The van der Waals surface area contributed by atoms with Crippen molar-refractivity contribution in [1.29, 1.82) is 0 Å². The summed E-state index contributed by atoms with van der Waals surface area (Å²) in [5, 5.41) is 0. The van der Waals surface area contributed by atoms with Crippen LogP contribution in [0.3, 0.4) is 0 Å². The highest BCUT2D eigenvalue weighted by Gasteiger charge is 2.48. The van der Waals surface area contributed by atoms with E-state index in [0.717, 1.165) is 29.8 Å². The Hall–Kier alpha value is -0.350. The molecule has 0 aliphatic heterocycles. The minimum atomic E-state index is -5.86. The maximum atomic E-state index is 12.1.